The van der Waals surface area contributed by atoms with Crippen molar-refractivity contribution in [2.75, 3.05) is 72.6 Å². The van der Waals surface area contributed by atoms with E-state index in [9.17, 15) is 33.6 Å². The number of carbonyl (C=O) groups is 7. The number of esters is 5. The highest BCUT2D eigenvalue weighted by Crippen LogP contribution is 2.46. The van der Waals surface area contributed by atoms with Gasteiger partial charge in [-0.25, -0.2) is 28.8 Å². The van der Waals surface area contributed by atoms with E-state index in [1.54, 1.807) is 6.92 Å². The number of carbonyl (C=O) groups excluding carboxylic acids is 7. The third-order valence-electron chi connectivity index (χ3n) is 9.84. The molecule has 0 saturated heterocycles. The standard InChI is InChI=1S/C45H68N2O16/c1-13-34(48)57-26-44(27-58-35(49)14-2,28-59-36(50)15-3)24-56-25-45(29-60-37(51)16-4,30-61-38(52)17-5)31-62-42(10,11)39(53)47-33-19-41(8,9)22-43(12,20-33)23-46-40(54)63-32(7)21-55-18-6/h13-17,32-33H,1-5,18-31H2,6-12H3,(H,46,54)(H,47,53). The number of nitrogens with one attached hydrogen (secondary N) is 2. The molecule has 0 aromatic rings. The lowest BCUT2D eigenvalue weighted by Crippen LogP contribution is -2.55. The number of ether oxygens (including phenoxy) is 9. The zero-order chi connectivity index (χ0) is 47.9. The van der Waals surface area contributed by atoms with E-state index in [1.807, 2.05) is 13.8 Å². The van der Waals surface area contributed by atoms with Crippen LogP contribution in [0.3, 0.4) is 0 Å². The summed E-state index contributed by atoms with van der Waals surface area (Å²) in [5.41, 5.74) is -5.28. The van der Waals surface area contributed by atoms with Gasteiger partial charge in [0, 0.05) is 49.6 Å². The van der Waals surface area contributed by atoms with Gasteiger partial charge in [0.25, 0.3) is 5.91 Å². The summed E-state index contributed by atoms with van der Waals surface area (Å²) in [7, 11) is 0. The van der Waals surface area contributed by atoms with Crippen LogP contribution in [-0.2, 0) is 71.4 Å². The van der Waals surface area contributed by atoms with Crippen molar-refractivity contribution in [2.24, 2.45) is 21.7 Å². The van der Waals surface area contributed by atoms with Gasteiger partial charge in [-0.3, -0.25) is 4.79 Å². The molecule has 0 aromatic heterocycles. The van der Waals surface area contributed by atoms with Gasteiger partial charge >= 0.3 is 35.9 Å². The van der Waals surface area contributed by atoms with E-state index in [0.29, 0.717) is 26.0 Å². The van der Waals surface area contributed by atoms with Crippen LogP contribution < -0.4 is 10.6 Å². The number of alkyl carbamates (subject to hydrolysis) is 1. The van der Waals surface area contributed by atoms with Gasteiger partial charge in [0.1, 0.15) is 44.7 Å². The van der Waals surface area contributed by atoms with E-state index in [1.165, 1.54) is 13.8 Å². The molecule has 63 heavy (non-hydrogen) atoms. The van der Waals surface area contributed by atoms with Gasteiger partial charge in [-0.2, -0.15) is 0 Å². The average molecular weight is 893 g/mol. The second kappa shape index (κ2) is 26.3. The number of hydrogen-bond donors (Lipinski definition) is 2. The molecule has 3 atom stereocenters. The Kier molecular flexibility index (Phi) is 23.3. The molecule has 1 aliphatic rings. The van der Waals surface area contributed by atoms with E-state index in [-0.39, 0.29) is 18.1 Å². The zero-order valence-electron chi connectivity index (χ0n) is 38.0. The first-order valence-corrected chi connectivity index (χ1v) is 20.5. The third kappa shape index (κ3) is 21.1. The van der Waals surface area contributed by atoms with E-state index in [0.717, 1.165) is 36.8 Å². The fourth-order valence-electron chi connectivity index (χ4n) is 6.86. The monoisotopic (exact) mass is 892 g/mol. The average Bonchev–Trinajstić information content (AvgIpc) is 3.24. The van der Waals surface area contributed by atoms with Gasteiger partial charge < -0.3 is 53.3 Å². The summed E-state index contributed by atoms with van der Waals surface area (Å²) < 4.78 is 49.9. The predicted octanol–water partition coefficient (Wildman–Crippen LogP) is 4.27. The van der Waals surface area contributed by atoms with Crippen LogP contribution in [0.4, 0.5) is 4.79 Å². The molecule has 18 nitrogen and oxygen atoms in total. The van der Waals surface area contributed by atoms with Crippen LogP contribution in [0.5, 0.6) is 0 Å². The van der Waals surface area contributed by atoms with Crippen molar-refractivity contribution < 1.29 is 76.2 Å². The van der Waals surface area contributed by atoms with E-state index < -0.39 is 123 Å². The molecule has 1 fully saturated rings. The summed E-state index contributed by atoms with van der Waals surface area (Å²) in [6, 6.07) is -0.326. The molecule has 0 spiro atoms. The Hall–Kier alpha value is -5.33. The van der Waals surface area contributed by atoms with Crippen molar-refractivity contribution in [1.29, 1.82) is 0 Å². The molecule has 2 N–H and O–H groups in total. The Bertz CT molecular complexity index is 1550. The highest BCUT2D eigenvalue weighted by atomic mass is 16.6. The Balaban J connectivity index is 3.45. The van der Waals surface area contributed by atoms with Gasteiger partial charge in [-0.15, -0.1) is 0 Å². The first kappa shape index (κ1) is 55.7. The Labute approximate surface area is 371 Å². The molecular weight excluding hydrogens is 824 g/mol. The molecule has 0 heterocycles. The Morgan fingerprint density at radius 1 is 0.651 bits per heavy atom. The minimum Gasteiger partial charge on any atom is -0.462 e. The van der Waals surface area contributed by atoms with E-state index in [2.05, 4.69) is 57.4 Å². The molecular formula is C45H68N2O16. The SMILES string of the molecule is C=CC(=O)OCC(COCC(COC(=O)C=C)(COC(=O)C=C)COC(C)(C)C(=O)NC1CC(C)(C)CC(C)(CNC(=O)OC(C)COCC)C1)(COC(=O)C=C)COC(=O)C=C. The lowest BCUT2D eigenvalue weighted by atomic mass is 9.62. The second-order valence-electron chi connectivity index (χ2n) is 17.3. The van der Waals surface area contributed by atoms with Crippen LogP contribution in [0.15, 0.2) is 63.3 Å². The van der Waals surface area contributed by atoms with Crippen molar-refractivity contribution in [1.82, 2.24) is 10.6 Å². The summed E-state index contributed by atoms with van der Waals surface area (Å²) in [5.74, 6) is -4.70. The number of rotatable bonds is 30. The molecule has 0 radical (unpaired) electrons. The summed E-state index contributed by atoms with van der Waals surface area (Å²) in [5, 5.41) is 5.99. The van der Waals surface area contributed by atoms with Crippen LogP contribution in [-0.4, -0.2) is 132 Å². The number of hydrogen-bond acceptors (Lipinski definition) is 16. The molecule has 0 aliphatic heterocycles. The highest BCUT2D eigenvalue weighted by molar-refractivity contribution is 5.85. The smallest absolute Gasteiger partial charge is 0.407 e. The maximum atomic E-state index is 14.1. The van der Waals surface area contributed by atoms with Gasteiger partial charge in [0.15, 0.2) is 0 Å². The second-order valence-corrected chi connectivity index (χ2v) is 17.3. The van der Waals surface area contributed by atoms with Crippen molar-refractivity contribution in [3.63, 3.8) is 0 Å². The molecule has 354 valence electrons. The fraction of sp³-hybridized carbons (Fsp3) is 0.622. The van der Waals surface area contributed by atoms with Crippen LogP contribution in [0, 0.1) is 21.7 Å². The van der Waals surface area contributed by atoms with Crippen LogP contribution in [0.25, 0.3) is 0 Å². The lowest BCUT2D eigenvalue weighted by molar-refractivity contribution is -0.177. The molecule has 1 rings (SSSR count). The van der Waals surface area contributed by atoms with Crippen LogP contribution in [0.2, 0.25) is 0 Å². The van der Waals surface area contributed by atoms with Gasteiger partial charge in [-0.1, -0.05) is 53.7 Å². The molecule has 1 aliphatic carbocycles. The summed E-state index contributed by atoms with van der Waals surface area (Å²) >= 11 is 0. The lowest BCUT2D eigenvalue weighted by Gasteiger charge is -2.47. The molecule has 2 amide bonds. The Morgan fingerprint density at radius 2 is 1.06 bits per heavy atom. The summed E-state index contributed by atoms with van der Waals surface area (Å²) in [4.78, 5) is 88.0. The fourth-order valence-corrected chi connectivity index (χ4v) is 6.86. The quantitative estimate of drug-likeness (QED) is 0.0583. The largest absolute Gasteiger partial charge is 0.462 e. The van der Waals surface area contributed by atoms with Crippen molar-refractivity contribution in [3.8, 4) is 0 Å². The van der Waals surface area contributed by atoms with Crippen LogP contribution in [0.1, 0.15) is 67.7 Å². The van der Waals surface area contributed by atoms with Gasteiger partial charge in [0.2, 0.25) is 0 Å². The number of amides is 2. The van der Waals surface area contributed by atoms with Crippen molar-refractivity contribution in [2.45, 2.75) is 85.5 Å². The van der Waals surface area contributed by atoms with E-state index in [4.69, 9.17) is 42.6 Å². The molecule has 0 bridgehead atoms. The maximum absolute atomic E-state index is 14.1. The first-order valence-electron chi connectivity index (χ1n) is 20.5. The molecule has 3 unspecified atom stereocenters. The van der Waals surface area contributed by atoms with E-state index >= 15 is 0 Å². The first-order chi connectivity index (χ1) is 29.4. The predicted molar refractivity (Wildman–Crippen MR) is 230 cm³/mol. The van der Waals surface area contributed by atoms with Gasteiger partial charge in [0.05, 0.1) is 37.3 Å². The topological polar surface area (TPSA) is 227 Å². The minimum atomic E-state index is -1.55. The van der Waals surface area contributed by atoms with Gasteiger partial charge in [-0.05, 0) is 57.8 Å². The highest BCUT2D eigenvalue weighted by Gasteiger charge is 2.45. The summed E-state index contributed by atoms with van der Waals surface area (Å²) in [6.45, 7) is 27.1. The minimum absolute atomic E-state index is 0.229. The Morgan fingerprint density at radius 3 is 1.46 bits per heavy atom. The zero-order valence-corrected chi connectivity index (χ0v) is 38.0. The maximum Gasteiger partial charge on any atom is 0.407 e. The molecule has 1 saturated carbocycles. The summed E-state index contributed by atoms with van der Waals surface area (Å²) in [6.07, 6.45) is 5.43. The molecule has 0 aromatic carbocycles. The molecule has 18 heteroatoms. The normalized spacial score (nSPS) is 17.6. The van der Waals surface area contributed by atoms with Crippen molar-refractivity contribution >= 4 is 41.8 Å². The third-order valence-corrected chi connectivity index (χ3v) is 9.84. The van der Waals surface area contributed by atoms with Crippen LogP contribution >= 0.6 is 0 Å². The van der Waals surface area contributed by atoms with Crippen molar-refractivity contribution in [3.05, 3.63) is 63.3 Å².